The first-order valence-corrected chi connectivity index (χ1v) is 14.8. The van der Waals surface area contributed by atoms with Crippen LogP contribution >= 0.6 is 0 Å². The molecule has 8 nitrogen and oxygen atoms in total. The number of fused-ring (bicyclic) bond motifs is 3. The molecule has 0 aromatic heterocycles. The summed E-state index contributed by atoms with van der Waals surface area (Å²) in [5.74, 6) is -1.52. The van der Waals surface area contributed by atoms with E-state index in [1.165, 1.54) is 0 Å². The van der Waals surface area contributed by atoms with Crippen molar-refractivity contribution in [2.75, 3.05) is 26.2 Å². The lowest BCUT2D eigenvalue weighted by Crippen LogP contribution is -2.58. The summed E-state index contributed by atoms with van der Waals surface area (Å²) in [4.78, 5) is 40.8. The van der Waals surface area contributed by atoms with Gasteiger partial charge in [0.1, 0.15) is 6.61 Å². The van der Waals surface area contributed by atoms with Crippen molar-refractivity contribution in [2.45, 2.75) is 43.7 Å². The molecular weight excluding hydrogens is 530 g/mol. The van der Waals surface area contributed by atoms with Gasteiger partial charge in [-0.1, -0.05) is 91.7 Å². The van der Waals surface area contributed by atoms with Crippen LogP contribution in [0.3, 0.4) is 0 Å². The van der Waals surface area contributed by atoms with Crippen LogP contribution < -0.4 is 10.6 Å². The van der Waals surface area contributed by atoms with Crippen LogP contribution in [0.2, 0.25) is 0 Å². The van der Waals surface area contributed by atoms with Gasteiger partial charge in [-0.05, 0) is 46.6 Å². The quantitative estimate of drug-likeness (QED) is 0.308. The van der Waals surface area contributed by atoms with Crippen molar-refractivity contribution in [3.63, 3.8) is 0 Å². The van der Waals surface area contributed by atoms with Crippen LogP contribution in [-0.2, 0) is 20.9 Å². The standard InChI is InChI=1S/C34H37N3O5/c38-31(36-34(32(39)40)16-17-37(22-34)20-24-8-2-1-3-9-24)25(18-23-14-15-23)19-35-33(41)42-21-30-28-12-6-4-10-26(28)27-11-5-7-13-29(27)30/h1-13,23,25,30H,14-22H2,(H,35,41)(H,36,38)(H,39,40). The average Bonchev–Trinajstić information content (AvgIpc) is 3.65. The number of carbonyl (C=O) groups is 3. The number of aliphatic carboxylic acids is 1. The zero-order valence-electron chi connectivity index (χ0n) is 23.6. The van der Waals surface area contributed by atoms with E-state index >= 15 is 0 Å². The first-order valence-electron chi connectivity index (χ1n) is 14.8. The molecular formula is C34H37N3O5. The number of carboxylic acids is 1. The second kappa shape index (κ2) is 12.0. The van der Waals surface area contributed by atoms with E-state index in [2.05, 4.69) is 39.8 Å². The maximum Gasteiger partial charge on any atom is 0.407 e. The molecule has 3 aliphatic rings. The van der Waals surface area contributed by atoms with Crippen LogP contribution in [0.15, 0.2) is 78.9 Å². The molecule has 1 heterocycles. The summed E-state index contributed by atoms with van der Waals surface area (Å²) in [6, 6.07) is 26.2. The number of hydrogen-bond donors (Lipinski definition) is 3. The molecule has 2 amide bonds. The van der Waals surface area contributed by atoms with E-state index < -0.39 is 23.5 Å². The minimum absolute atomic E-state index is 0.0506. The van der Waals surface area contributed by atoms with Crippen LogP contribution in [0, 0.1) is 11.8 Å². The highest BCUT2D eigenvalue weighted by molar-refractivity contribution is 5.89. The molecule has 2 aliphatic carbocycles. The van der Waals surface area contributed by atoms with Gasteiger partial charge >= 0.3 is 12.1 Å². The van der Waals surface area contributed by atoms with Gasteiger partial charge in [0.15, 0.2) is 5.54 Å². The molecule has 2 unspecified atom stereocenters. The maximum atomic E-state index is 13.5. The Bertz CT molecular complexity index is 1410. The maximum absolute atomic E-state index is 13.5. The van der Waals surface area contributed by atoms with Gasteiger partial charge in [0, 0.05) is 32.1 Å². The number of hydrogen-bond acceptors (Lipinski definition) is 5. The summed E-state index contributed by atoms with van der Waals surface area (Å²) in [7, 11) is 0. The molecule has 1 aliphatic heterocycles. The lowest BCUT2D eigenvalue weighted by atomic mass is 9.95. The minimum atomic E-state index is -1.35. The van der Waals surface area contributed by atoms with E-state index in [9.17, 15) is 19.5 Å². The van der Waals surface area contributed by atoms with Crippen LogP contribution in [0.4, 0.5) is 4.79 Å². The minimum Gasteiger partial charge on any atom is -0.479 e. The van der Waals surface area contributed by atoms with Crippen LogP contribution in [0.25, 0.3) is 11.1 Å². The Kier molecular flexibility index (Phi) is 7.98. The van der Waals surface area contributed by atoms with Crippen molar-refractivity contribution in [1.29, 1.82) is 0 Å². The molecule has 2 atom stereocenters. The fourth-order valence-corrected chi connectivity index (χ4v) is 6.43. The zero-order valence-corrected chi connectivity index (χ0v) is 23.6. The molecule has 0 spiro atoms. The van der Waals surface area contributed by atoms with Crippen LogP contribution in [-0.4, -0.2) is 59.8 Å². The number of nitrogens with zero attached hydrogens (tertiary/aromatic N) is 1. The smallest absolute Gasteiger partial charge is 0.407 e. The number of carbonyl (C=O) groups excluding carboxylic acids is 2. The first-order chi connectivity index (χ1) is 20.4. The second-order valence-electron chi connectivity index (χ2n) is 11.9. The Labute approximate surface area is 246 Å². The predicted molar refractivity (Wildman–Crippen MR) is 159 cm³/mol. The van der Waals surface area contributed by atoms with Gasteiger partial charge in [-0.3, -0.25) is 9.69 Å². The van der Waals surface area contributed by atoms with Crippen molar-refractivity contribution in [3.05, 3.63) is 95.6 Å². The van der Waals surface area contributed by atoms with E-state index in [1.54, 1.807) is 0 Å². The fraction of sp³-hybridized carbons (Fsp3) is 0.382. The van der Waals surface area contributed by atoms with Gasteiger partial charge < -0.3 is 20.5 Å². The topological polar surface area (TPSA) is 108 Å². The van der Waals surface area contributed by atoms with Gasteiger partial charge in [0.25, 0.3) is 0 Å². The molecule has 3 aromatic rings. The number of carboxylic acid groups (broad SMARTS) is 1. The highest BCUT2D eigenvalue weighted by atomic mass is 16.5. The van der Waals surface area contributed by atoms with Crippen molar-refractivity contribution >= 4 is 18.0 Å². The first kappa shape index (κ1) is 28.0. The molecule has 6 rings (SSSR count). The highest BCUT2D eigenvalue weighted by Gasteiger charge is 2.47. The molecule has 218 valence electrons. The third-order valence-corrected chi connectivity index (χ3v) is 8.89. The van der Waals surface area contributed by atoms with Crippen LogP contribution in [0.5, 0.6) is 0 Å². The third kappa shape index (κ3) is 6.04. The molecule has 1 saturated heterocycles. The van der Waals surface area contributed by atoms with Crippen LogP contribution in [0.1, 0.15) is 48.3 Å². The normalized spacial score (nSPS) is 20.4. The molecule has 8 heteroatoms. The van der Waals surface area contributed by atoms with Crippen molar-refractivity contribution in [2.24, 2.45) is 11.8 Å². The Morgan fingerprint density at radius 2 is 1.57 bits per heavy atom. The van der Waals surface area contributed by atoms with Gasteiger partial charge in [-0.15, -0.1) is 0 Å². The molecule has 1 saturated carbocycles. The molecule has 2 fully saturated rings. The van der Waals surface area contributed by atoms with Crippen molar-refractivity contribution < 1.29 is 24.2 Å². The van der Waals surface area contributed by atoms with Gasteiger partial charge in [0.05, 0.1) is 5.92 Å². The van der Waals surface area contributed by atoms with E-state index in [0.717, 1.165) is 40.7 Å². The Balaban J connectivity index is 1.06. The van der Waals surface area contributed by atoms with E-state index in [0.29, 0.717) is 31.8 Å². The Morgan fingerprint density at radius 1 is 0.929 bits per heavy atom. The number of rotatable bonds is 11. The van der Waals surface area contributed by atoms with Gasteiger partial charge in [-0.25, -0.2) is 9.59 Å². The van der Waals surface area contributed by atoms with E-state index in [4.69, 9.17) is 4.74 Å². The molecule has 42 heavy (non-hydrogen) atoms. The predicted octanol–water partition coefficient (Wildman–Crippen LogP) is 4.79. The summed E-state index contributed by atoms with van der Waals surface area (Å²) >= 11 is 0. The fourth-order valence-electron chi connectivity index (χ4n) is 6.43. The zero-order chi connectivity index (χ0) is 29.1. The van der Waals surface area contributed by atoms with Gasteiger partial charge in [0.2, 0.25) is 5.91 Å². The molecule has 0 bridgehead atoms. The number of nitrogens with one attached hydrogen (secondary N) is 2. The van der Waals surface area contributed by atoms with E-state index in [1.807, 2.05) is 54.6 Å². The van der Waals surface area contributed by atoms with Crippen molar-refractivity contribution in [1.82, 2.24) is 15.5 Å². The molecule has 3 aromatic carbocycles. The number of benzene rings is 3. The lowest BCUT2D eigenvalue weighted by molar-refractivity contribution is -0.147. The number of amides is 2. The summed E-state index contributed by atoms with van der Waals surface area (Å²) in [5.41, 5.74) is 4.33. The SMILES string of the molecule is O=C(NCC(CC1CC1)C(=O)NC1(C(=O)O)CCN(Cc2ccccc2)C1)OCC1c2ccccc2-c2ccccc21. The average molecular weight is 568 g/mol. The third-order valence-electron chi connectivity index (χ3n) is 8.89. The lowest BCUT2D eigenvalue weighted by Gasteiger charge is -2.29. The summed E-state index contributed by atoms with van der Waals surface area (Å²) in [5, 5.41) is 15.9. The number of likely N-dealkylation sites (tertiary alicyclic amines) is 1. The number of alkyl carbamates (subject to hydrolysis) is 1. The van der Waals surface area contributed by atoms with E-state index in [-0.39, 0.29) is 31.5 Å². The molecule has 3 N–H and O–H groups in total. The monoisotopic (exact) mass is 567 g/mol. The molecule has 0 radical (unpaired) electrons. The summed E-state index contributed by atoms with van der Waals surface area (Å²) in [6.45, 7) is 1.73. The number of ether oxygens (including phenoxy) is 1. The van der Waals surface area contributed by atoms with Crippen molar-refractivity contribution in [3.8, 4) is 11.1 Å². The summed E-state index contributed by atoms with van der Waals surface area (Å²) < 4.78 is 5.67. The Morgan fingerprint density at radius 3 is 2.21 bits per heavy atom. The second-order valence-corrected chi connectivity index (χ2v) is 11.9. The summed E-state index contributed by atoms with van der Waals surface area (Å²) in [6.07, 6.45) is 2.46. The van der Waals surface area contributed by atoms with Gasteiger partial charge in [-0.2, -0.15) is 0 Å². The highest BCUT2D eigenvalue weighted by Crippen LogP contribution is 2.44. The largest absolute Gasteiger partial charge is 0.479 e. The Hall–Kier alpha value is -4.17.